The Morgan fingerprint density at radius 1 is 1.25 bits per heavy atom. The van der Waals surface area contributed by atoms with Gasteiger partial charge in [0.25, 0.3) is 0 Å². The summed E-state index contributed by atoms with van der Waals surface area (Å²) in [6, 6.07) is 10.8. The van der Waals surface area contributed by atoms with Crippen LogP contribution in [0.5, 0.6) is 17.2 Å². The number of nitrogens with zero attached hydrogens (tertiary/aromatic N) is 3. The van der Waals surface area contributed by atoms with Gasteiger partial charge in [-0.1, -0.05) is 13.0 Å². The molecular weight excluding hydrogens is 354 g/mol. The topological polar surface area (TPSA) is 47.1 Å². The first-order valence-electron chi connectivity index (χ1n) is 10.1. The minimum Gasteiger partial charge on any atom is -0.493 e. The summed E-state index contributed by atoms with van der Waals surface area (Å²) in [5.74, 6) is 2.21. The molecule has 2 aliphatic rings. The Balaban J connectivity index is 1.55. The molecule has 0 N–H and O–H groups in total. The highest BCUT2D eigenvalue weighted by Crippen LogP contribution is 2.42. The average Bonchev–Trinajstić information content (AvgIpc) is 3.37. The van der Waals surface area contributed by atoms with Crippen molar-refractivity contribution in [2.24, 2.45) is 0 Å². The number of pyridine rings is 1. The number of likely N-dealkylation sites (tertiary alicyclic amines) is 1. The van der Waals surface area contributed by atoms with Crippen LogP contribution >= 0.6 is 0 Å². The van der Waals surface area contributed by atoms with Gasteiger partial charge in [0.2, 0.25) is 12.5 Å². The van der Waals surface area contributed by atoms with Gasteiger partial charge in [0.1, 0.15) is 0 Å². The monoisotopic (exact) mass is 383 g/mol. The lowest BCUT2D eigenvalue weighted by molar-refractivity contribution is 0.164. The molecule has 3 heterocycles. The molecule has 1 atom stereocenters. The third-order valence-corrected chi connectivity index (χ3v) is 5.61. The van der Waals surface area contributed by atoms with Crippen molar-refractivity contribution in [3.05, 3.63) is 47.8 Å². The highest BCUT2D eigenvalue weighted by Gasteiger charge is 2.26. The Morgan fingerprint density at radius 2 is 2.18 bits per heavy atom. The van der Waals surface area contributed by atoms with Crippen LogP contribution in [0.3, 0.4) is 0 Å². The molecule has 0 radical (unpaired) electrons. The van der Waals surface area contributed by atoms with E-state index in [1.807, 2.05) is 12.3 Å². The predicted octanol–water partition coefficient (Wildman–Crippen LogP) is 3.31. The molecule has 0 bridgehead atoms. The largest absolute Gasteiger partial charge is 0.493 e. The molecule has 2 aromatic rings. The molecule has 28 heavy (non-hydrogen) atoms. The zero-order valence-electron chi connectivity index (χ0n) is 16.8. The summed E-state index contributed by atoms with van der Waals surface area (Å²) < 4.78 is 16.7. The molecule has 6 heteroatoms. The summed E-state index contributed by atoms with van der Waals surface area (Å²) in [5.41, 5.74) is 2.26. The predicted molar refractivity (Wildman–Crippen MR) is 108 cm³/mol. The fourth-order valence-corrected chi connectivity index (χ4v) is 4.26. The van der Waals surface area contributed by atoms with E-state index in [-0.39, 0.29) is 6.79 Å². The number of aromatic nitrogens is 1. The van der Waals surface area contributed by atoms with E-state index in [1.165, 1.54) is 19.4 Å². The van der Waals surface area contributed by atoms with Gasteiger partial charge >= 0.3 is 0 Å². The van der Waals surface area contributed by atoms with Crippen LogP contribution in [0.2, 0.25) is 0 Å². The Kier molecular flexibility index (Phi) is 5.98. The van der Waals surface area contributed by atoms with Gasteiger partial charge < -0.3 is 14.2 Å². The number of benzene rings is 1. The second-order valence-corrected chi connectivity index (χ2v) is 7.45. The number of likely N-dealkylation sites (N-methyl/N-ethyl adjacent to an activating group) is 1. The summed E-state index contributed by atoms with van der Waals surface area (Å²) in [7, 11) is 1.67. The van der Waals surface area contributed by atoms with Crippen molar-refractivity contribution >= 4 is 0 Å². The fourth-order valence-electron chi connectivity index (χ4n) is 4.26. The summed E-state index contributed by atoms with van der Waals surface area (Å²) in [5, 5.41) is 0. The molecule has 1 fully saturated rings. The first-order chi connectivity index (χ1) is 13.8. The molecule has 2 aliphatic heterocycles. The number of fused-ring (bicyclic) bond motifs is 1. The standard InChI is InChI=1S/C22H29N3O3/c1-3-25-10-6-8-19(25)15-24(14-18-7-4-5-9-23-18)13-17-11-20(26-2)22-21(12-17)27-16-28-22/h4-5,7,9,11-12,19H,3,6,8,10,13-16H2,1-2H3. The third-order valence-electron chi connectivity index (χ3n) is 5.61. The Hall–Kier alpha value is -2.31. The van der Waals surface area contributed by atoms with Gasteiger partial charge in [-0.15, -0.1) is 0 Å². The molecule has 150 valence electrons. The van der Waals surface area contributed by atoms with E-state index in [2.05, 4.69) is 46.0 Å². The van der Waals surface area contributed by atoms with Crippen molar-refractivity contribution in [2.75, 3.05) is 33.5 Å². The van der Waals surface area contributed by atoms with Gasteiger partial charge in [0.05, 0.1) is 12.8 Å². The molecule has 0 spiro atoms. The second-order valence-electron chi connectivity index (χ2n) is 7.45. The maximum absolute atomic E-state index is 5.61. The van der Waals surface area contributed by atoms with Crippen LogP contribution in [0, 0.1) is 0 Å². The van der Waals surface area contributed by atoms with Crippen LogP contribution in [-0.2, 0) is 13.1 Å². The summed E-state index contributed by atoms with van der Waals surface area (Å²) >= 11 is 0. The van der Waals surface area contributed by atoms with Gasteiger partial charge in [-0.25, -0.2) is 0 Å². The van der Waals surface area contributed by atoms with Crippen molar-refractivity contribution in [3.8, 4) is 17.2 Å². The van der Waals surface area contributed by atoms with Crippen LogP contribution in [0.1, 0.15) is 31.0 Å². The van der Waals surface area contributed by atoms with Crippen molar-refractivity contribution < 1.29 is 14.2 Å². The van der Waals surface area contributed by atoms with Crippen molar-refractivity contribution in [1.29, 1.82) is 0 Å². The van der Waals surface area contributed by atoms with Crippen LogP contribution in [0.15, 0.2) is 36.5 Å². The van der Waals surface area contributed by atoms with E-state index in [9.17, 15) is 0 Å². The molecule has 1 aromatic heterocycles. The zero-order chi connectivity index (χ0) is 19.3. The van der Waals surface area contributed by atoms with Gasteiger partial charge in [-0.2, -0.15) is 0 Å². The van der Waals surface area contributed by atoms with Crippen molar-refractivity contribution in [2.45, 2.75) is 38.9 Å². The number of methoxy groups -OCH3 is 1. The van der Waals surface area contributed by atoms with E-state index in [0.29, 0.717) is 11.8 Å². The second kappa shape index (κ2) is 8.80. The molecule has 1 aromatic carbocycles. The number of hydrogen-bond donors (Lipinski definition) is 0. The van der Waals surface area contributed by atoms with Gasteiger partial charge in [-0.05, 0) is 55.8 Å². The number of rotatable bonds is 8. The SMILES string of the molecule is CCN1CCCC1CN(Cc1cc(OC)c2c(c1)OCO2)Cc1ccccn1. The average molecular weight is 383 g/mol. The van der Waals surface area contributed by atoms with Crippen molar-refractivity contribution in [3.63, 3.8) is 0 Å². The van der Waals surface area contributed by atoms with E-state index in [4.69, 9.17) is 14.2 Å². The van der Waals surface area contributed by atoms with Crippen LogP contribution in [0.4, 0.5) is 0 Å². The van der Waals surface area contributed by atoms with Gasteiger partial charge in [0.15, 0.2) is 11.5 Å². The molecule has 6 nitrogen and oxygen atoms in total. The first-order valence-corrected chi connectivity index (χ1v) is 10.1. The molecular formula is C22H29N3O3. The first kappa shape index (κ1) is 19.0. The maximum atomic E-state index is 5.61. The Bertz CT molecular complexity index is 784. The highest BCUT2D eigenvalue weighted by molar-refractivity contribution is 5.55. The van der Waals surface area contributed by atoms with Crippen LogP contribution in [0.25, 0.3) is 0 Å². The lowest BCUT2D eigenvalue weighted by Crippen LogP contribution is -2.39. The summed E-state index contributed by atoms with van der Waals surface area (Å²) in [6.07, 6.45) is 4.41. The highest BCUT2D eigenvalue weighted by atomic mass is 16.7. The molecule has 0 amide bonds. The zero-order valence-corrected chi connectivity index (χ0v) is 16.8. The molecule has 4 rings (SSSR count). The van der Waals surface area contributed by atoms with Gasteiger partial charge in [0, 0.05) is 31.9 Å². The minimum atomic E-state index is 0.250. The minimum absolute atomic E-state index is 0.250. The van der Waals surface area contributed by atoms with E-state index < -0.39 is 0 Å². The molecule has 0 aliphatic carbocycles. The Labute approximate surface area is 167 Å². The Morgan fingerprint density at radius 3 is 2.96 bits per heavy atom. The molecule has 0 saturated carbocycles. The fraction of sp³-hybridized carbons (Fsp3) is 0.500. The van der Waals surface area contributed by atoms with Crippen LogP contribution in [-0.4, -0.2) is 54.4 Å². The van der Waals surface area contributed by atoms with Crippen LogP contribution < -0.4 is 14.2 Å². The van der Waals surface area contributed by atoms with Gasteiger partial charge in [-0.3, -0.25) is 14.8 Å². The quantitative estimate of drug-likeness (QED) is 0.697. The summed E-state index contributed by atoms with van der Waals surface area (Å²) in [4.78, 5) is 9.61. The smallest absolute Gasteiger partial charge is 0.231 e. The number of ether oxygens (including phenoxy) is 3. The maximum Gasteiger partial charge on any atom is 0.231 e. The molecule has 1 saturated heterocycles. The summed E-state index contributed by atoms with van der Waals surface area (Å²) in [6.45, 7) is 7.49. The van der Waals surface area contributed by atoms with E-state index in [0.717, 1.165) is 48.9 Å². The lowest BCUT2D eigenvalue weighted by Gasteiger charge is -2.30. The normalized spacial score (nSPS) is 18.8. The lowest BCUT2D eigenvalue weighted by atomic mass is 10.1. The molecule has 1 unspecified atom stereocenters. The van der Waals surface area contributed by atoms with Crippen molar-refractivity contribution in [1.82, 2.24) is 14.8 Å². The number of hydrogen-bond acceptors (Lipinski definition) is 6. The third kappa shape index (κ3) is 4.23. The van der Waals surface area contributed by atoms with E-state index in [1.54, 1.807) is 7.11 Å². The van der Waals surface area contributed by atoms with E-state index >= 15 is 0 Å².